The molecule has 3 heterocycles. The van der Waals surface area contributed by atoms with Gasteiger partial charge in [0, 0.05) is 38.2 Å². The van der Waals surface area contributed by atoms with Crippen molar-refractivity contribution in [1.29, 1.82) is 0 Å². The van der Waals surface area contributed by atoms with Gasteiger partial charge in [-0.05, 0) is 46.1 Å². The SMILES string of the molecule is Cc1cc(C)n(CCC(=O)N2CCC3(CC2)CC(C)(O)CCO3)n1. The van der Waals surface area contributed by atoms with Crippen LogP contribution in [0.3, 0.4) is 0 Å². The summed E-state index contributed by atoms with van der Waals surface area (Å²) in [7, 11) is 0. The molecule has 0 saturated carbocycles. The zero-order valence-corrected chi connectivity index (χ0v) is 15.0. The van der Waals surface area contributed by atoms with Crippen molar-refractivity contribution in [3.63, 3.8) is 0 Å². The van der Waals surface area contributed by atoms with E-state index >= 15 is 0 Å². The summed E-state index contributed by atoms with van der Waals surface area (Å²) in [5.74, 6) is 0.181. The van der Waals surface area contributed by atoms with Crippen molar-refractivity contribution in [2.45, 2.75) is 70.6 Å². The predicted molar refractivity (Wildman–Crippen MR) is 90.7 cm³/mol. The van der Waals surface area contributed by atoms with Crippen molar-refractivity contribution in [2.24, 2.45) is 0 Å². The summed E-state index contributed by atoms with van der Waals surface area (Å²) in [6.45, 7) is 8.54. The van der Waals surface area contributed by atoms with Gasteiger partial charge < -0.3 is 14.7 Å². The molecule has 6 heteroatoms. The van der Waals surface area contributed by atoms with Gasteiger partial charge >= 0.3 is 0 Å². The van der Waals surface area contributed by atoms with E-state index < -0.39 is 5.60 Å². The lowest BCUT2D eigenvalue weighted by Gasteiger charge is -2.48. The van der Waals surface area contributed by atoms with Gasteiger partial charge in [0.1, 0.15) is 0 Å². The van der Waals surface area contributed by atoms with Crippen LogP contribution in [0.25, 0.3) is 0 Å². The lowest BCUT2D eigenvalue weighted by Crippen LogP contribution is -2.54. The van der Waals surface area contributed by atoms with Crippen LogP contribution in [0.5, 0.6) is 0 Å². The van der Waals surface area contributed by atoms with Gasteiger partial charge in [0.25, 0.3) is 0 Å². The molecule has 2 fully saturated rings. The summed E-state index contributed by atoms with van der Waals surface area (Å²) in [5, 5.41) is 14.7. The minimum Gasteiger partial charge on any atom is -0.390 e. The van der Waals surface area contributed by atoms with Crippen LogP contribution in [-0.4, -0.2) is 56.6 Å². The third kappa shape index (κ3) is 3.81. The molecule has 2 saturated heterocycles. The Morgan fingerprint density at radius 3 is 2.62 bits per heavy atom. The highest BCUT2D eigenvalue weighted by atomic mass is 16.5. The normalized spacial score (nSPS) is 26.8. The van der Waals surface area contributed by atoms with Gasteiger partial charge in [-0.3, -0.25) is 9.48 Å². The molecule has 3 rings (SSSR count). The Hall–Kier alpha value is -1.40. The van der Waals surface area contributed by atoms with E-state index in [1.807, 2.05) is 36.4 Å². The largest absolute Gasteiger partial charge is 0.390 e. The third-order valence-electron chi connectivity index (χ3n) is 5.42. The first-order chi connectivity index (χ1) is 11.3. The molecule has 0 bridgehead atoms. The number of hydrogen-bond donors (Lipinski definition) is 1. The zero-order chi connectivity index (χ0) is 17.4. The first-order valence-corrected chi connectivity index (χ1v) is 8.94. The van der Waals surface area contributed by atoms with Gasteiger partial charge in [-0.1, -0.05) is 0 Å². The average Bonchev–Trinajstić information content (AvgIpc) is 2.82. The fraction of sp³-hybridized carbons (Fsp3) is 0.778. The van der Waals surface area contributed by atoms with Crippen molar-refractivity contribution in [3.05, 3.63) is 17.5 Å². The molecule has 2 aliphatic heterocycles. The van der Waals surface area contributed by atoms with E-state index in [1.165, 1.54) is 0 Å². The quantitative estimate of drug-likeness (QED) is 0.915. The number of aromatic nitrogens is 2. The van der Waals surface area contributed by atoms with Crippen LogP contribution >= 0.6 is 0 Å². The first-order valence-electron chi connectivity index (χ1n) is 8.94. The summed E-state index contributed by atoms with van der Waals surface area (Å²) in [6, 6.07) is 2.03. The fourth-order valence-electron chi connectivity index (χ4n) is 4.07. The highest BCUT2D eigenvalue weighted by Gasteiger charge is 2.44. The number of likely N-dealkylation sites (tertiary alicyclic amines) is 1. The van der Waals surface area contributed by atoms with Crippen molar-refractivity contribution in [3.8, 4) is 0 Å². The number of carbonyl (C=O) groups excluding carboxylic acids is 1. The Bertz CT molecular complexity index is 601. The highest BCUT2D eigenvalue weighted by molar-refractivity contribution is 5.76. The maximum Gasteiger partial charge on any atom is 0.224 e. The molecule has 1 aromatic rings. The van der Waals surface area contributed by atoms with Crippen molar-refractivity contribution in [1.82, 2.24) is 14.7 Å². The average molecular weight is 335 g/mol. The van der Waals surface area contributed by atoms with Gasteiger partial charge in [-0.2, -0.15) is 5.10 Å². The number of aryl methyl sites for hydroxylation is 3. The second kappa shape index (κ2) is 6.48. The summed E-state index contributed by atoms with van der Waals surface area (Å²) in [6.07, 6.45) is 3.48. The molecule has 2 aliphatic rings. The van der Waals surface area contributed by atoms with Crippen LogP contribution in [0.2, 0.25) is 0 Å². The number of aliphatic hydroxyl groups is 1. The molecule has 1 unspecified atom stereocenters. The van der Waals surface area contributed by atoms with E-state index in [9.17, 15) is 9.90 Å². The van der Waals surface area contributed by atoms with Gasteiger partial charge in [0.15, 0.2) is 0 Å². The van der Waals surface area contributed by atoms with E-state index in [1.54, 1.807) is 0 Å². The molecule has 0 radical (unpaired) electrons. The second-order valence-electron chi connectivity index (χ2n) is 7.74. The zero-order valence-electron chi connectivity index (χ0n) is 15.0. The topological polar surface area (TPSA) is 67.6 Å². The molecule has 0 aromatic carbocycles. The van der Waals surface area contributed by atoms with Crippen LogP contribution in [0.4, 0.5) is 0 Å². The standard InChI is InChI=1S/C18H29N3O3/c1-14-12-15(2)21(19-14)8-4-16(22)20-9-5-18(6-10-20)13-17(3,23)7-11-24-18/h12,23H,4-11,13H2,1-3H3. The van der Waals surface area contributed by atoms with E-state index in [0.717, 1.165) is 24.2 Å². The molecule has 6 nitrogen and oxygen atoms in total. The van der Waals surface area contributed by atoms with Crippen LogP contribution in [0.15, 0.2) is 6.07 Å². The number of ether oxygens (including phenoxy) is 1. The van der Waals surface area contributed by atoms with Crippen molar-refractivity contribution >= 4 is 5.91 Å². The summed E-state index contributed by atoms with van der Waals surface area (Å²) >= 11 is 0. The molecule has 1 aromatic heterocycles. The first kappa shape index (κ1) is 17.4. The summed E-state index contributed by atoms with van der Waals surface area (Å²) in [4.78, 5) is 14.4. The Labute approximate surface area is 143 Å². The maximum atomic E-state index is 12.5. The molecule has 1 atom stereocenters. The molecular formula is C18H29N3O3. The minimum atomic E-state index is -0.639. The molecule has 1 spiro atoms. The van der Waals surface area contributed by atoms with Crippen LogP contribution in [-0.2, 0) is 16.1 Å². The van der Waals surface area contributed by atoms with Crippen molar-refractivity contribution < 1.29 is 14.6 Å². The minimum absolute atomic E-state index is 0.181. The summed E-state index contributed by atoms with van der Waals surface area (Å²) < 4.78 is 7.91. The smallest absolute Gasteiger partial charge is 0.224 e. The van der Waals surface area contributed by atoms with Gasteiger partial charge in [0.2, 0.25) is 5.91 Å². The fourth-order valence-corrected chi connectivity index (χ4v) is 4.07. The molecule has 0 aliphatic carbocycles. The van der Waals surface area contributed by atoms with E-state index in [2.05, 4.69) is 5.10 Å². The van der Waals surface area contributed by atoms with Gasteiger partial charge in [-0.15, -0.1) is 0 Å². The Morgan fingerprint density at radius 2 is 2.04 bits per heavy atom. The predicted octanol–water partition coefficient (Wildman–Crippen LogP) is 1.81. The number of amides is 1. The third-order valence-corrected chi connectivity index (χ3v) is 5.42. The Kier molecular flexibility index (Phi) is 4.71. The molecule has 134 valence electrons. The van der Waals surface area contributed by atoms with E-state index in [-0.39, 0.29) is 11.5 Å². The van der Waals surface area contributed by atoms with Crippen LogP contribution in [0.1, 0.15) is 50.4 Å². The highest BCUT2D eigenvalue weighted by Crippen LogP contribution is 2.39. The number of rotatable bonds is 3. The van der Waals surface area contributed by atoms with E-state index in [4.69, 9.17) is 4.74 Å². The lowest BCUT2D eigenvalue weighted by atomic mass is 9.78. The molecular weight excluding hydrogens is 306 g/mol. The molecule has 1 N–H and O–H groups in total. The van der Waals surface area contributed by atoms with Gasteiger partial charge in [0.05, 0.1) is 23.5 Å². The molecule has 24 heavy (non-hydrogen) atoms. The van der Waals surface area contributed by atoms with Gasteiger partial charge in [-0.25, -0.2) is 0 Å². The van der Waals surface area contributed by atoms with Crippen LogP contribution < -0.4 is 0 Å². The number of piperidine rings is 1. The lowest BCUT2D eigenvalue weighted by molar-refractivity contribution is -0.175. The second-order valence-corrected chi connectivity index (χ2v) is 7.74. The number of nitrogens with zero attached hydrogens (tertiary/aromatic N) is 3. The summed E-state index contributed by atoms with van der Waals surface area (Å²) in [5.41, 5.74) is 1.20. The number of hydrogen-bond acceptors (Lipinski definition) is 4. The Morgan fingerprint density at radius 1 is 1.33 bits per heavy atom. The number of carbonyl (C=O) groups is 1. The van der Waals surface area contributed by atoms with E-state index in [0.29, 0.717) is 45.5 Å². The van der Waals surface area contributed by atoms with Crippen LogP contribution in [0, 0.1) is 13.8 Å². The maximum absolute atomic E-state index is 12.5. The Balaban J connectivity index is 1.51. The van der Waals surface area contributed by atoms with Crippen molar-refractivity contribution in [2.75, 3.05) is 19.7 Å². The molecule has 1 amide bonds. The monoisotopic (exact) mass is 335 g/mol.